The van der Waals surface area contributed by atoms with Gasteiger partial charge >= 0.3 is 0 Å². The van der Waals surface area contributed by atoms with Crippen LogP contribution in [0.4, 0.5) is 5.69 Å². The van der Waals surface area contributed by atoms with Crippen LogP contribution >= 0.6 is 11.8 Å². The van der Waals surface area contributed by atoms with Crippen molar-refractivity contribution in [2.75, 3.05) is 10.7 Å². The highest BCUT2D eigenvalue weighted by Crippen LogP contribution is 2.24. The largest absolute Gasteiger partial charge is 0.309 e. The molecule has 3 aromatic rings. The summed E-state index contributed by atoms with van der Waals surface area (Å²) < 4.78 is 1.94. The lowest BCUT2D eigenvalue weighted by atomic mass is 10.1. The van der Waals surface area contributed by atoms with Crippen molar-refractivity contribution in [1.29, 1.82) is 0 Å². The Balaban J connectivity index is 1.73. The first kappa shape index (κ1) is 19.2. The van der Waals surface area contributed by atoms with Gasteiger partial charge in [-0.25, -0.2) is 0 Å². The summed E-state index contributed by atoms with van der Waals surface area (Å²) >= 11 is 1.41. The number of para-hydroxylation sites is 1. The van der Waals surface area contributed by atoms with Gasteiger partial charge in [-0.05, 0) is 32.9 Å². The Morgan fingerprint density at radius 3 is 2.37 bits per heavy atom. The Hall–Kier alpha value is -2.60. The second-order valence-corrected chi connectivity index (χ2v) is 7.66. The predicted octanol–water partition coefficient (Wildman–Crippen LogP) is 4.32. The van der Waals surface area contributed by atoms with E-state index in [-0.39, 0.29) is 11.9 Å². The van der Waals surface area contributed by atoms with Gasteiger partial charge in [-0.1, -0.05) is 59.8 Å². The van der Waals surface area contributed by atoms with Gasteiger partial charge in [0, 0.05) is 24.3 Å². The molecule has 1 amide bonds. The predicted molar refractivity (Wildman–Crippen MR) is 111 cm³/mol. The molecule has 1 aromatic heterocycles. The molecule has 0 unspecified atom stereocenters. The van der Waals surface area contributed by atoms with Crippen LogP contribution in [0.25, 0.3) is 11.4 Å². The molecule has 27 heavy (non-hydrogen) atoms. The molecule has 0 radical (unpaired) electrons. The quantitative estimate of drug-likeness (QED) is 0.598. The molecule has 1 heterocycles. The molecule has 0 N–H and O–H groups in total. The van der Waals surface area contributed by atoms with E-state index in [1.54, 1.807) is 0 Å². The number of benzene rings is 2. The van der Waals surface area contributed by atoms with Gasteiger partial charge in [-0.2, -0.15) is 0 Å². The number of aryl methyl sites for hydroxylation is 1. The maximum Gasteiger partial charge on any atom is 0.237 e. The van der Waals surface area contributed by atoms with Gasteiger partial charge in [0.2, 0.25) is 5.91 Å². The zero-order valence-electron chi connectivity index (χ0n) is 16.1. The van der Waals surface area contributed by atoms with E-state index in [9.17, 15) is 4.79 Å². The van der Waals surface area contributed by atoms with E-state index < -0.39 is 0 Å². The number of hydrogen-bond acceptors (Lipinski definition) is 4. The number of amides is 1. The summed E-state index contributed by atoms with van der Waals surface area (Å²) in [5.41, 5.74) is 3.13. The summed E-state index contributed by atoms with van der Waals surface area (Å²) in [5, 5.41) is 9.30. The molecular formula is C21H24N4OS. The van der Waals surface area contributed by atoms with Crippen LogP contribution in [0.15, 0.2) is 59.8 Å². The third-order valence-electron chi connectivity index (χ3n) is 4.29. The topological polar surface area (TPSA) is 51.0 Å². The van der Waals surface area contributed by atoms with Gasteiger partial charge in [0.05, 0.1) is 5.75 Å². The lowest BCUT2D eigenvalue weighted by Gasteiger charge is -2.26. The molecule has 0 aliphatic heterocycles. The molecule has 0 spiro atoms. The second-order valence-electron chi connectivity index (χ2n) is 6.71. The highest BCUT2D eigenvalue weighted by Gasteiger charge is 2.20. The monoisotopic (exact) mass is 380 g/mol. The zero-order chi connectivity index (χ0) is 19.4. The van der Waals surface area contributed by atoms with E-state index in [4.69, 9.17) is 0 Å². The summed E-state index contributed by atoms with van der Waals surface area (Å²) in [6.07, 6.45) is 0. The third-order valence-corrected chi connectivity index (χ3v) is 5.29. The first-order valence-electron chi connectivity index (χ1n) is 8.93. The molecule has 0 fully saturated rings. The molecule has 6 heteroatoms. The Kier molecular flexibility index (Phi) is 5.96. The Labute approximate surface area is 164 Å². The number of aromatic nitrogens is 3. The van der Waals surface area contributed by atoms with Gasteiger partial charge < -0.3 is 9.47 Å². The smallest absolute Gasteiger partial charge is 0.237 e. The highest BCUT2D eigenvalue weighted by atomic mass is 32.2. The number of anilines is 1. The molecule has 2 aromatic carbocycles. The van der Waals surface area contributed by atoms with Crippen LogP contribution in [-0.2, 0) is 11.8 Å². The summed E-state index contributed by atoms with van der Waals surface area (Å²) in [7, 11) is 1.93. The number of carbonyl (C=O) groups is 1. The van der Waals surface area contributed by atoms with E-state index in [1.807, 2.05) is 72.8 Å². The van der Waals surface area contributed by atoms with E-state index in [0.29, 0.717) is 5.75 Å². The molecule has 0 saturated carbocycles. The summed E-state index contributed by atoms with van der Waals surface area (Å²) in [5.74, 6) is 1.17. The lowest BCUT2D eigenvalue weighted by molar-refractivity contribution is -0.116. The van der Waals surface area contributed by atoms with Crippen molar-refractivity contribution in [2.45, 2.75) is 32.0 Å². The van der Waals surface area contributed by atoms with Crippen LogP contribution in [0, 0.1) is 6.92 Å². The number of rotatable bonds is 6. The van der Waals surface area contributed by atoms with Gasteiger partial charge in [-0.15, -0.1) is 10.2 Å². The van der Waals surface area contributed by atoms with E-state index in [0.717, 1.165) is 22.2 Å². The minimum Gasteiger partial charge on any atom is -0.309 e. The first-order chi connectivity index (χ1) is 13.0. The van der Waals surface area contributed by atoms with Crippen LogP contribution in [0.3, 0.4) is 0 Å². The Morgan fingerprint density at radius 2 is 1.74 bits per heavy atom. The molecule has 140 valence electrons. The Morgan fingerprint density at radius 1 is 1.07 bits per heavy atom. The summed E-state index contributed by atoms with van der Waals surface area (Å²) in [4.78, 5) is 14.7. The number of thioether (sulfide) groups is 1. The fourth-order valence-corrected chi connectivity index (χ4v) is 3.68. The first-order valence-corrected chi connectivity index (χ1v) is 9.92. The maximum absolute atomic E-state index is 12.8. The minimum absolute atomic E-state index is 0.0566. The van der Waals surface area contributed by atoms with Crippen molar-refractivity contribution >= 4 is 23.4 Å². The molecule has 0 atom stereocenters. The van der Waals surface area contributed by atoms with Crippen molar-refractivity contribution in [3.63, 3.8) is 0 Å². The molecule has 5 nitrogen and oxygen atoms in total. The van der Waals surface area contributed by atoms with E-state index >= 15 is 0 Å². The van der Waals surface area contributed by atoms with Crippen LogP contribution in [0.1, 0.15) is 19.4 Å². The van der Waals surface area contributed by atoms with Gasteiger partial charge in [0.25, 0.3) is 0 Å². The van der Waals surface area contributed by atoms with Crippen LogP contribution < -0.4 is 4.90 Å². The van der Waals surface area contributed by atoms with Crippen molar-refractivity contribution in [1.82, 2.24) is 14.8 Å². The average Bonchev–Trinajstić information content (AvgIpc) is 3.02. The second kappa shape index (κ2) is 8.39. The summed E-state index contributed by atoms with van der Waals surface area (Å²) in [6, 6.07) is 18.0. The maximum atomic E-state index is 12.8. The van der Waals surface area contributed by atoms with Crippen LogP contribution in [-0.4, -0.2) is 32.5 Å². The van der Waals surface area contributed by atoms with E-state index in [1.165, 1.54) is 17.3 Å². The van der Waals surface area contributed by atoms with Gasteiger partial charge in [-0.3, -0.25) is 4.79 Å². The fourth-order valence-electron chi connectivity index (χ4n) is 2.91. The molecule has 0 bridgehead atoms. The Bertz CT molecular complexity index is 904. The molecular weight excluding hydrogens is 356 g/mol. The van der Waals surface area contributed by atoms with Gasteiger partial charge in [0.1, 0.15) is 0 Å². The van der Waals surface area contributed by atoms with Crippen molar-refractivity contribution < 1.29 is 4.79 Å². The standard InChI is InChI=1S/C21H24N4OS/c1-15(2)25(18-8-6-5-7-9-18)19(26)14-27-21-23-22-20(24(21)4)17-12-10-16(3)11-13-17/h5-13,15H,14H2,1-4H3. The van der Waals surface area contributed by atoms with Crippen molar-refractivity contribution in [2.24, 2.45) is 7.05 Å². The molecule has 0 aliphatic rings. The number of carbonyl (C=O) groups excluding carboxylic acids is 1. The summed E-state index contributed by atoms with van der Waals surface area (Å²) in [6.45, 7) is 6.10. The van der Waals surface area contributed by atoms with Crippen molar-refractivity contribution in [3.05, 3.63) is 60.2 Å². The van der Waals surface area contributed by atoms with Crippen LogP contribution in [0.5, 0.6) is 0 Å². The molecule has 3 rings (SSSR count). The van der Waals surface area contributed by atoms with E-state index in [2.05, 4.69) is 29.3 Å². The highest BCUT2D eigenvalue weighted by molar-refractivity contribution is 7.99. The zero-order valence-corrected chi connectivity index (χ0v) is 16.9. The third kappa shape index (κ3) is 4.39. The molecule has 0 aliphatic carbocycles. The SMILES string of the molecule is Cc1ccc(-c2nnc(SCC(=O)N(c3ccccc3)C(C)C)n2C)cc1. The van der Waals surface area contributed by atoms with Crippen LogP contribution in [0.2, 0.25) is 0 Å². The number of nitrogens with zero attached hydrogens (tertiary/aromatic N) is 4. The molecule has 0 saturated heterocycles. The fraction of sp³-hybridized carbons (Fsp3) is 0.286. The average molecular weight is 381 g/mol. The van der Waals surface area contributed by atoms with Crippen molar-refractivity contribution in [3.8, 4) is 11.4 Å². The minimum atomic E-state index is 0.0566. The normalized spacial score (nSPS) is 11.0. The number of hydrogen-bond donors (Lipinski definition) is 0. The van der Waals surface area contributed by atoms with Gasteiger partial charge in [0.15, 0.2) is 11.0 Å². The lowest BCUT2D eigenvalue weighted by Crippen LogP contribution is -2.38.